The summed E-state index contributed by atoms with van der Waals surface area (Å²) in [5.41, 5.74) is 3.99. The molecule has 10 nitrogen and oxygen atoms in total. The number of hydrogen-bond acceptors (Lipinski definition) is 6. The van der Waals surface area contributed by atoms with Crippen molar-refractivity contribution in [3.05, 3.63) is 63.4 Å². The van der Waals surface area contributed by atoms with Crippen molar-refractivity contribution in [1.29, 1.82) is 0 Å². The number of carbonyl (C=O) groups is 3. The summed E-state index contributed by atoms with van der Waals surface area (Å²) in [6.07, 6.45) is 4.80. The van der Waals surface area contributed by atoms with Crippen molar-refractivity contribution in [1.82, 2.24) is 25.6 Å². The van der Waals surface area contributed by atoms with Crippen molar-refractivity contribution in [2.75, 3.05) is 5.32 Å². The Kier molecular flexibility index (Phi) is 5.79. The Bertz CT molecular complexity index is 1370. The Morgan fingerprint density at radius 2 is 1.85 bits per heavy atom. The van der Waals surface area contributed by atoms with Crippen LogP contribution in [0.5, 0.6) is 0 Å². The minimum absolute atomic E-state index is 0.131. The van der Waals surface area contributed by atoms with E-state index in [4.69, 9.17) is 0 Å². The van der Waals surface area contributed by atoms with Gasteiger partial charge in [0.2, 0.25) is 5.91 Å². The summed E-state index contributed by atoms with van der Waals surface area (Å²) in [6.45, 7) is 0.201. The van der Waals surface area contributed by atoms with Gasteiger partial charge in [-0.15, -0.1) is 5.10 Å². The lowest BCUT2D eigenvalue weighted by atomic mass is 9.91. The van der Waals surface area contributed by atoms with Crippen LogP contribution in [0.2, 0.25) is 0 Å². The van der Waals surface area contributed by atoms with Gasteiger partial charge >= 0.3 is 6.03 Å². The smallest absolute Gasteiger partial charge is 0.319 e. The van der Waals surface area contributed by atoms with Crippen LogP contribution in [0.4, 0.5) is 10.5 Å². The van der Waals surface area contributed by atoms with E-state index >= 15 is 0 Å². The van der Waals surface area contributed by atoms with Gasteiger partial charge in [0, 0.05) is 18.7 Å². The van der Waals surface area contributed by atoms with Gasteiger partial charge in [-0.05, 0) is 73.1 Å². The number of imide groups is 1. The molecule has 0 bridgehead atoms. The Morgan fingerprint density at radius 3 is 2.68 bits per heavy atom. The molecule has 4 amide bonds. The van der Waals surface area contributed by atoms with Gasteiger partial charge in [-0.3, -0.25) is 19.7 Å². The van der Waals surface area contributed by atoms with Gasteiger partial charge in [-0.2, -0.15) is 4.68 Å². The van der Waals surface area contributed by atoms with Crippen molar-refractivity contribution in [2.24, 2.45) is 0 Å². The number of nitrogens with one attached hydrogen (secondary N) is 3. The Labute approximate surface area is 194 Å². The highest BCUT2D eigenvalue weighted by Gasteiger charge is 2.30. The maximum atomic E-state index is 13.0. The predicted octanol–water partition coefficient (Wildman–Crippen LogP) is 1.97. The lowest BCUT2D eigenvalue weighted by Crippen LogP contribution is -2.45. The van der Waals surface area contributed by atoms with E-state index in [1.807, 2.05) is 12.1 Å². The molecule has 2 heterocycles. The summed E-state index contributed by atoms with van der Waals surface area (Å²) in [5.74, 6) is -0.936. The third-order valence-electron chi connectivity index (χ3n) is 6.31. The van der Waals surface area contributed by atoms with E-state index in [9.17, 15) is 19.2 Å². The number of carbonyl (C=O) groups excluding carboxylic acids is 3. The van der Waals surface area contributed by atoms with Crippen LogP contribution in [-0.4, -0.2) is 32.8 Å². The number of anilines is 1. The molecule has 3 aromatic rings. The van der Waals surface area contributed by atoms with Crippen molar-refractivity contribution in [3.63, 3.8) is 0 Å². The van der Waals surface area contributed by atoms with Crippen LogP contribution >= 0.6 is 0 Å². The number of fused-ring (bicyclic) bond motifs is 2. The second-order valence-corrected chi connectivity index (χ2v) is 8.66. The first-order chi connectivity index (χ1) is 16.5. The van der Waals surface area contributed by atoms with E-state index in [0.717, 1.165) is 23.2 Å². The maximum Gasteiger partial charge on any atom is 0.319 e. The molecule has 0 radical (unpaired) electrons. The number of hydrogen-bond donors (Lipinski definition) is 3. The molecule has 2 aromatic carbocycles. The fraction of sp³-hybridized carbons (Fsp3) is 0.333. The number of aromatic nitrogens is 3. The van der Waals surface area contributed by atoms with Gasteiger partial charge in [0.15, 0.2) is 0 Å². The highest BCUT2D eigenvalue weighted by molar-refractivity contribution is 5.99. The summed E-state index contributed by atoms with van der Waals surface area (Å²) in [6, 6.07) is 9.82. The first kappa shape index (κ1) is 21.7. The molecule has 1 aromatic heterocycles. The third-order valence-corrected chi connectivity index (χ3v) is 6.31. The predicted molar refractivity (Wildman–Crippen MR) is 124 cm³/mol. The fourth-order valence-electron chi connectivity index (χ4n) is 4.50. The van der Waals surface area contributed by atoms with Gasteiger partial charge in [-0.25, -0.2) is 4.79 Å². The third kappa shape index (κ3) is 4.39. The first-order valence-corrected chi connectivity index (χ1v) is 11.4. The lowest BCUT2D eigenvalue weighted by Gasteiger charge is -2.21. The number of aryl methyl sites for hydroxylation is 2. The zero-order valence-corrected chi connectivity index (χ0v) is 18.5. The summed E-state index contributed by atoms with van der Waals surface area (Å²) in [5, 5.41) is 16.1. The van der Waals surface area contributed by atoms with Crippen LogP contribution in [0, 0.1) is 0 Å². The number of benzene rings is 2. The summed E-state index contributed by atoms with van der Waals surface area (Å²) >= 11 is 0. The van der Waals surface area contributed by atoms with Gasteiger partial charge in [0.05, 0.1) is 5.39 Å². The highest BCUT2D eigenvalue weighted by atomic mass is 16.2. The topological polar surface area (TPSA) is 135 Å². The largest absolute Gasteiger partial charge is 0.334 e. The van der Waals surface area contributed by atoms with E-state index < -0.39 is 17.5 Å². The fourth-order valence-corrected chi connectivity index (χ4v) is 4.50. The molecule has 1 saturated heterocycles. The normalized spacial score (nSPS) is 17.7. The molecular weight excluding hydrogens is 436 g/mol. The molecule has 0 spiro atoms. The molecule has 174 valence electrons. The quantitative estimate of drug-likeness (QED) is 0.510. The Balaban J connectivity index is 1.29. The van der Waals surface area contributed by atoms with E-state index in [1.54, 1.807) is 18.2 Å². The van der Waals surface area contributed by atoms with Gasteiger partial charge in [-0.1, -0.05) is 17.3 Å². The van der Waals surface area contributed by atoms with Gasteiger partial charge < -0.3 is 10.6 Å². The molecule has 1 aliphatic carbocycles. The number of rotatable bonds is 4. The SMILES string of the molecule is O=C1CCC(n2nnc3ccc(CNC(=O)Nc4ccc5c(c4)CCCC5)cc3c2=O)C(=O)N1. The summed E-state index contributed by atoms with van der Waals surface area (Å²) in [4.78, 5) is 49.0. The molecule has 1 aliphatic heterocycles. The second kappa shape index (κ2) is 9.05. The van der Waals surface area contributed by atoms with Gasteiger partial charge in [0.1, 0.15) is 11.6 Å². The van der Waals surface area contributed by atoms with E-state index in [1.165, 1.54) is 24.0 Å². The van der Waals surface area contributed by atoms with Crippen molar-refractivity contribution < 1.29 is 14.4 Å². The van der Waals surface area contributed by atoms with Crippen molar-refractivity contribution >= 4 is 34.4 Å². The molecule has 5 rings (SSSR count). The summed E-state index contributed by atoms with van der Waals surface area (Å²) < 4.78 is 1.02. The minimum Gasteiger partial charge on any atom is -0.334 e. The van der Waals surface area contributed by atoms with Crippen LogP contribution in [0.1, 0.15) is 48.4 Å². The highest BCUT2D eigenvalue weighted by Crippen LogP contribution is 2.24. The standard InChI is InChI=1S/C24H24N6O4/c31-21-10-9-20(22(32)27-21)30-23(33)18-11-14(5-8-19(18)28-29-30)13-25-24(34)26-17-7-6-15-3-1-2-4-16(15)12-17/h5-8,11-12,20H,1-4,9-10,13H2,(H2,25,26,34)(H,27,31,32). The minimum atomic E-state index is -0.883. The molecular formula is C24H24N6O4. The van der Waals surface area contributed by atoms with Crippen LogP contribution in [0.25, 0.3) is 10.9 Å². The van der Waals surface area contributed by atoms with Crippen LogP contribution in [0.3, 0.4) is 0 Å². The maximum absolute atomic E-state index is 13.0. The molecule has 10 heteroatoms. The second-order valence-electron chi connectivity index (χ2n) is 8.66. The summed E-state index contributed by atoms with van der Waals surface area (Å²) in [7, 11) is 0. The monoisotopic (exact) mass is 460 g/mol. The van der Waals surface area contributed by atoms with Crippen LogP contribution < -0.4 is 21.5 Å². The van der Waals surface area contributed by atoms with Crippen molar-refractivity contribution in [3.8, 4) is 0 Å². The molecule has 0 saturated carbocycles. The molecule has 1 unspecified atom stereocenters. The molecule has 1 fully saturated rings. The molecule has 1 atom stereocenters. The number of urea groups is 1. The first-order valence-electron chi connectivity index (χ1n) is 11.4. The number of nitrogens with zero attached hydrogens (tertiary/aromatic N) is 3. The molecule has 2 aliphatic rings. The lowest BCUT2D eigenvalue weighted by molar-refractivity contribution is -0.136. The van der Waals surface area contributed by atoms with Crippen molar-refractivity contribution in [2.45, 2.75) is 51.1 Å². The Hall–Kier alpha value is -4.08. The zero-order chi connectivity index (χ0) is 23.7. The van der Waals surface area contributed by atoms with Crippen LogP contribution in [-0.2, 0) is 29.0 Å². The van der Waals surface area contributed by atoms with E-state index in [-0.39, 0.29) is 36.7 Å². The van der Waals surface area contributed by atoms with E-state index in [2.05, 4.69) is 32.3 Å². The van der Waals surface area contributed by atoms with Crippen LogP contribution in [0.15, 0.2) is 41.2 Å². The van der Waals surface area contributed by atoms with Gasteiger partial charge in [0.25, 0.3) is 11.5 Å². The molecule has 3 N–H and O–H groups in total. The zero-order valence-electron chi connectivity index (χ0n) is 18.5. The number of amides is 4. The average Bonchev–Trinajstić information content (AvgIpc) is 2.84. The number of piperidine rings is 1. The average molecular weight is 460 g/mol. The molecule has 34 heavy (non-hydrogen) atoms. The Morgan fingerprint density at radius 1 is 1.03 bits per heavy atom. The van der Waals surface area contributed by atoms with E-state index in [0.29, 0.717) is 11.1 Å².